The lowest BCUT2D eigenvalue weighted by Crippen LogP contribution is -2.30. The van der Waals surface area contributed by atoms with Crippen molar-refractivity contribution in [1.29, 1.82) is 0 Å². The van der Waals surface area contributed by atoms with Crippen LogP contribution in [0.5, 0.6) is 0 Å². The number of ketones is 1. The van der Waals surface area contributed by atoms with Crippen LogP contribution in [0.4, 0.5) is 0 Å². The number of hydrogen-bond acceptors (Lipinski definition) is 5. The quantitative estimate of drug-likeness (QED) is 0.761. The van der Waals surface area contributed by atoms with E-state index in [4.69, 9.17) is 9.47 Å². The summed E-state index contributed by atoms with van der Waals surface area (Å²) in [5, 5.41) is 0. The van der Waals surface area contributed by atoms with Crippen LogP contribution < -0.4 is 0 Å². The van der Waals surface area contributed by atoms with Crippen molar-refractivity contribution in [2.45, 2.75) is 43.5 Å². The van der Waals surface area contributed by atoms with Gasteiger partial charge in [-0.2, -0.15) is 0 Å². The summed E-state index contributed by atoms with van der Waals surface area (Å²) in [6, 6.07) is 15.3. The van der Waals surface area contributed by atoms with Gasteiger partial charge >= 0.3 is 0 Å². The van der Waals surface area contributed by atoms with Gasteiger partial charge in [0.15, 0.2) is 12.1 Å². The summed E-state index contributed by atoms with van der Waals surface area (Å²) in [4.78, 5) is 13.4. The van der Waals surface area contributed by atoms with Crippen molar-refractivity contribution in [3.05, 3.63) is 70.6 Å². The first-order chi connectivity index (χ1) is 13.5. The Morgan fingerprint density at radius 3 is 2.50 bits per heavy atom. The molecule has 0 radical (unpaired) electrons. The molecule has 0 aliphatic carbocycles. The monoisotopic (exact) mass is 398 g/mol. The van der Waals surface area contributed by atoms with Crippen LogP contribution in [0.3, 0.4) is 0 Å². The summed E-state index contributed by atoms with van der Waals surface area (Å²) < 4.78 is 38.6. The number of carbonyl (C=O) groups is 1. The van der Waals surface area contributed by atoms with E-state index < -0.39 is 22.2 Å². The molecule has 4 rings (SSSR count). The molecule has 2 aliphatic rings. The summed E-state index contributed by atoms with van der Waals surface area (Å²) in [6.45, 7) is 2.19. The minimum Gasteiger partial charge on any atom is -0.350 e. The predicted molar refractivity (Wildman–Crippen MR) is 105 cm³/mol. The highest BCUT2D eigenvalue weighted by molar-refractivity contribution is 7.95. The zero-order valence-corrected chi connectivity index (χ0v) is 16.4. The van der Waals surface area contributed by atoms with Crippen molar-refractivity contribution in [2.24, 2.45) is 0 Å². The second-order valence-electron chi connectivity index (χ2n) is 6.96. The van der Waals surface area contributed by atoms with Crippen molar-refractivity contribution < 1.29 is 22.7 Å². The van der Waals surface area contributed by atoms with Gasteiger partial charge in [0.1, 0.15) is 6.10 Å². The normalized spacial score (nSPS) is 23.7. The van der Waals surface area contributed by atoms with Gasteiger partial charge in [0.25, 0.3) is 0 Å². The number of rotatable bonds is 5. The van der Waals surface area contributed by atoms with Crippen LogP contribution in [0.2, 0.25) is 0 Å². The van der Waals surface area contributed by atoms with Gasteiger partial charge in [-0.1, -0.05) is 55.8 Å². The van der Waals surface area contributed by atoms with Crippen LogP contribution in [-0.4, -0.2) is 33.2 Å². The Bertz CT molecular complexity index is 1020. The topological polar surface area (TPSA) is 69.7 Å². The van der Waals surface area contributed by atoms with Crippen LogP contribution in [0.1, 0.15) is 42.1 Å². The largest absolute Gasteiger partial charge is 0.350 e. The molecule has 2 aromatic rings. The van der Waals surface area contributed by atoms with Gasteiger partial charge in [0.2, 0.25) is 9.84 Å². The van der Waals surface area contributed by atoms with E-state index in [9.17, 15) is 13.2 Å². The number of hydrogen-bond donors (Lipinski definition) is 0. The molecule has 2 heterocycles. The van der Waals surface area contributed by atoms with Crippen molar-refractivity contribution in [3.8, 4) is 0 Å². The number of sulfone groups is 1. The third-order valence-corrected chi connectivity index (χ3v) is 7.06. The van der Waals surface area contributed by atoms with E-state index in [0.29, 0.717) is 12.0 Å². The first-order valence-corrected chi connectivity index (χ1v) is 11.0. The second-order valence-corrected chi connectivity index (χ2v) is 8.85. The fourth-order valence-corrected chi connectivity index (χ4v) is 5.61. The molecule has 2 aliphatic heterocycles. The molecule has 146 valence electrons. The standard InChI is InChI=1S/C22H22O5S/c1-2-3-13-19-26-14-17(27-19)22-20(15-9-5-4-6-10-15)21(23)16-11-7-8-12-18(16)28(22,24)25/h4-12,17,19H,2-3,13-14H2,1H3. The Kier molecular flexibility index (Phi) is 5.19. The highest BCUT2D eigenvalue weighted by Gasteiger charge is 2.44. The first-order valence-electron chi connectivity index (χ1n) is 9.49. The maximum Gasteiger partial charge on any atom is 0.206 e. The number of benzene rings is 2. The second kappa shape index (κ2) is 7.62. The van der Waals surface area contributed by atoms with E-state index in [1.807, 2.05) is 6.07 Å². The molecule has 28 heavy (non-hydrogen) atoms. The van der Waals surface area contributed by atoms with Crippen LogP contribution in [0.25, 0.3) is 5.57 Å². The molecule has 0 amide bonds. The number of carbonyl (C=O) groups excluding carboxylic acids is 1. The highest BCUT2D eigenvalue weighted by Crippen LogP contribution is 2.41. The lowest BCUT2D eigenvalue weighted by atomic mass is 9.94. The van der Waals surface area contributed by atoms with Crippen molar-refractivity contribution in [2.75, 3.05) is 6.61 Å². The molecule has 2 aromatic carbocycles. The van der Waals surface area contributed by atoms with Gasteiger partial charge < -0.3 is 9.47 Å². The van der Waals surface area contributed by atoms with E-state index in [2.05, 4.69) is 6.92 Å². The van der Waals surface area contributed by atoms with Crippen molar-refractivity contribution in [3.63, 3.8) is 0 Å². The van der Waals surface area contributed by atoms with E-state index >= 15 is 0 Å². The Balaban J connectivity index is 1.87. The van der Waals surface area contributed by atoms with Crippen molar-refractivity contribution in [1.82, 2.24) is 0 Å². The maximum atomic E-state index is 13.5. The van der Waals surface area contributed by atoms with E-state index in [1.165, 1.54) is 6.07 Å². The molecular weight excluding hydrogens is 376 g/mol. The molecule has 2 unspecified atom stereocenters. The number of Topliss-reactive ketones (excluding diaryl/α,β-unsaturated/α-hetero) is 1. The average molecular weight is 398 g/mol. The van der Waals surface area contributed by atoms with Crippen LogP contribution >= 0.6 is 0 Å². The summed E-state index contributed by atoms with van der Waals surface area (Å²) in [5.74, 6) is -0.299. The number of ether oxygens (including phenoxy) is 2. The molecule has 0 spiro atoms. The number of unbranched alkanes of at least 4 members (excludes halogenated alkanes) is 1. The van der Waals surface area contributed by atoms with Crippen LogP contribution in [0, 0.1) is 0 Å². The van der Waals surface area contributed by atoms with Gasteiger partial charge in [-0.15, -0.1) is 0 Å². The first kappa shape index (κ1) is 19.1. The SMILES string of the molecule is CCCCC1OCC(C2=C(c3ccccc3)C(=O)c3ccccc3S2(=O)=O)O1. The van der Waals surface area contributed by atoms with E-state index in [1.54, 1.807) is 42.5 Å². The Labute approximate surface area is 164 Å². The fourth-order valence-electron chi connectivity index (χ4n) is 3.72. The molecule has 0 bridgehead atoms. The predicted octanol–water partition coefficient (Wildman–Crippen LogP) is 4.00. The van der Waals surface area contributed by atoms with E-state index in [0.717, 1.165) is 12.8 Å². The third-order valence-electron chi connectivity index (χ3n) is 5.08. The molecule has 6 heteroatoms. The molecule has 0 N–H and O–H groups in total. The average Bonchev–Trinajstić information content (AvgIpc) is 3.18. The smallest absolute Gasteiger partial charge is 0.206 e. The molecule has 0 aromatic heterocycles. The summed E-state index contributed by atoms with van der Waals surface area (Å²) in [5.41, 5.74) is 0.955. The zero-order chi connectivity index (χ0) is 19.7. The lowest BCUT2D eigenvalue weighted by Gasteiger charge is -2.25. The number of fused-ring (bicyclic) bond motifs is 1. The third kappa shape index (κ3) is 3.21. The molecule has 1 saturated heterocycles. The van der Waals surface area contributed by atoms with Crippen LogP contribution in [-0.2, 0) is 19.3 Å². The summed E-state index contributed by atoms with van der Waals surface area (Å²) in [7, 11) is -3.89. The van der Waals surface area contributed by atoms with Crippen LogP contribution in [0.15, 0.2) is 64.4 Å². The number of allylic oxidation sites excluding steroid dienone is 1. The van der Waals surface area contributed by atoms with Gasteiger partial charge in [-0.3, -0.25) is 4.79 Å². The minimum atomic E-state index is -3.89. The molecule has 5 nitrogen and oxygen atoms in total. The Morgan fingerprint density at radius 1 is 1.04 bits per heavy atom. The molecule has 0 saturated carbocycles. The molecule has 1 fully saturated rings. The fraction of sp³-hybridized carbons (Fsp3) is 0.318. The molecule has 2 atom stereocenters. The van der Waals surface area contributed by atoms with Gasteiger partial charge in [-0.05, 0) is 30.5 Å². The zero-order valence-electron chi connectivity index (χ0n) is 15.6. The van der Waals surface area contributed by atoms with Gasteiger partial charge in [0.05, 0.1) is 16.4 Å². The summed E-state index contributed by atoms with van der Waals surface area (Å²) in [6.07, 6.45) is 1.38. The lowest BCUT2D eigenvalue weighted by molar-refractivity contribution is -0.0569. The maximum absolute atomic E-state index is 13.5. The van der Waals surface area contributed by atoms with Gasteiger partial charge in [0, 0.05) is 11.1 Å². The van der Waals surface area contributed by atoms with Crippen molar-refractivity contribution >= 4 is 21.2 Å². The Hall–Kier alpha value is -2.28. The van der Waals surface area contributed by atoms with E-state index in [-0.39, 0.29) is 33.3 Å². The molecular formula is C22H22O5S. The Morgan fingerprint density at radius 2 is 1.75 bits per heavy atom. The summed E-state index contributed by atoms with van der Waals surface area (Å²) >= 11 is 0. The highest BCUT2D eigenvalue weighted by atomic mass is 32.2. The minimum absolute atomic E-state index is 0.0152. The van der Waals surface area contributed by atoms with Gasteiger partial charge in [-0.25, -0.2) is 8.42 Å².